The Morgan fingerprint density at radius 3 is 2.42 bits per heavy atom. The molecule has 1 saturated carbocycles. The van der Waals surface area contributed by atoms with Gasteiger partial charge >= 0.3 is 0 Å². The molecule has 1 aromatic rings. The summed E-state index contributed by atoms with van der Waals surface area (Å²) in [5.74, 6) is -7.14. The molecule has 1 aromatic carbocycles. The molecule has 0 heterocycles. The van der Waals surface area contributed by atoms with E-state index in [1.807, 2.05) is 20.8 Å². The van der Waals surface area contributed by atoms with Crippen LogP contribution in [-0.2, 0) is 25.6 Å². The van der Waals surface area contributed by atoms with Gasteiger partial charge in [-0.1, -0.05) is 6.07 Å². The second-order valence-electron chi connectivity index (χ2n) is 10.5. The average molecular weight is 497 g/mol. The fraction of sp³-hybridized carbons (Fsp3) is 0.385. The number of benzene rings is 1. The SMILES string of the molecule is CC(C)(C)NC(=O)/C=C/c1ccc(O)c2c1C[C@H]1C[C@H]3CC(=O)C(C(N)=O)=C(O)[C@@]3(O)C(=O)C1=C2O. The van der Waals surface area contributed by atoms with Crippen LogP contribution in [0.5, 0.6) is 5.75 Å². The number of primary amides is 1. The first-order chi connectivity index (χ1) is 16.7. The van der Waals surface area contributed by atoms with Crippen molar-refractivity contribution in [3.8, 4) is 5.75 Å². The Labute approximate surface area is 206 Å². The number of rotatable bonds is 3. The largest absolute Gasteiger partial charge is 0.508 e. The van der Waals surface area contributed by atoms with E-state index in [-0.39, 0.29) is 42.1 Å². The Hall–Kier alpha value is -3.92. The minimum Gasteiger partial charge on any atom is -0.508 e. The molecule has 3 aliphatic carbocycles. The van der Waals surface area contributed by atoms with E-state index in [9.17, 15) is 39.6 Å². The van der Waals surface area contributed by atoms with Gasteiger partial charge in [-0.05, 0) is 62.8 Å². The maximum Gasteiger partial charge on any atom is 0.255 e. The Balaban J connectivity index is 1.81. The van der Waals surface area contributed by atoms with Gasteiger partial charge in [-0.25, -0.2) is 0 Å². The summed E-state index contributed by atoms with van der Waals surface area (Å²) in [6.07, 6.45) is 2.67. The van der Waals surface area contributed by atoms with E-state index in [4.69, 9.17) is 5.73 Å². The molecule has 3 atom stereocenters. The van der Waals surface area contributed by atoms with Crippen molar-refractivity contribution in [1.82, 2.24) is 5.32 Å². The van der Waals surface area contributed by atoms with Gasteiger partial charge in [0.15, 0.2) is 11.4 Å². The molecular weight excluding hydrogens is 468 g/mol. The van der Waals surface area contributed by atoms with E-state index in [2.05, 4.69) is 5.32 Å². The van der Waals surface area contributed by atoms with E-state index in [1.54, 1.807) is 6.07 Å². The molecule has 2 amide bonds. The number of carbonyl (C=O) groups excluding carboxylic acids is 4. The number of nitrogens with one attached hydrogen (secondary N) is 1. The molecule has 0 spiro atoms. The fourth-order valence-electron chi connectivity index (χ4n) is 5.38. The lowest BCUT2D eigenvalue weighted by Crippen LogP contribution is -2.58. The number of amides is 2. The number of phenols is 1. The lowest BCUT2D eigenvalue weighted by molar-refractivity contribution is -0.147. The molecule has 10 nitrogen and oxygen atoms in total. The average Bonchev–Trinajstić information content (AvgIpc) is 2.74. The molecule has 0 saturated heterocycles. The van der Waals surface area contributed by atoms with E-state index in [1.165, 1.54) is 18.2 Å². The maximum absolute atomic E-state index is 13.5. The van der Waals surface area contributed by atoms with Gasteiger partial charge in [-0.15, -0.1) is 0 Å². The van der Waals surface area contributed by atoms with Crippen molar-refractivity contribution < 1.29 is 39.6 Å². The zero-order chi connectivity index (χ0) is 26.7. The normalized spacial score (nSPS) is 26.0. The Bertz CT molecular complexity index is 1310. The van der Waals surface area contributed by atoms with Crippen molar-refractivity contribution in [3.05, 3.63) is 51.8 Å². The van der Waals surface area contributed by atoms with E-state index in [0.717, 1.165) is 0 Å². The van der Waals surface area contributed by atoms with Crippen molar-refractivity contribution in [2.45, 2.75) is 51.2 Å². The third-order valence-electron chi connectivity index (χ3n) is 6.90. The maximum atomic E-state index is 13.5. The first-order valence-corrected chi connectivity index (χ1v) is 11.5. The van der Waals surface area contributed by atoms with Crippen molar-refractivity contribution >= 4 is 35.2 Å². The highest BCUT2D eigenvalue weighted by molar-refractivity contribution is 6.22. The van der Waals surface area contributed by atoms with E-state index < -0.39 is 57.5 Å². The number of hydrogen-bond acceptors (Lipinski definition) is 8. The topological polar surface area (TPSA) is 187 Å². The number of nitrogens with two attached hydrogens (primary N) is 1. The molecule has 0 unspecified atom stereocenters. The highest BCUT2D eigenvalue weighted by Crippen LogP contribution is 2.52. The number of carbonyl (C=O) groups is 4. The van der Waals surface area contributed by atoms with Crippen LogP contribution in [-0.4, -0.2) is 54.9 Å². The Morgan fingerprint density at radius 1 is 1.14 bits per heavy atom. The molecular formula is C26H28N2O8. The fourth-order valence-corrected chi connectivity index (χ4v) is 5.38. The summed E-state index contributed by atoms with van der Waals surface area (Å²) in [5, 5.41) is 46.3. The van der Waals surface area contributed by atoms with Gasteiger partial charge in [0, 0.05) is 29.5 Å². The minimum atomic E-state index is -2.60. The third kappa shape index (κ3) is 3.87. The molecule has 0 aliphatic heterocycles. The van der Waals surface area contributed by atoms with Crippen LogP contribution < -0.4 is 11.1 Å². The molecule has 1 fully saturated rings. The molecule has 0 bridgehead atoms. The molecule has 0 radical (unpaired) electrons. The van der Waals surface area contributed by atoms with E-state index >= 15 is 0 Å². The summed E-state index contributed by atoms with van der Waals surface area (Å²) < 4.78 is 0. The number of ketones is 2. The standard InChI is InChI=1S/C26H28N2O8/c1-25(2,3)28-17(31)7-5-11-4-6-15(29)19-14(11)9-12-8-13-10-16(30)20(24(27)35)23(34)26(13,36)22(33)18(12)21(19)32/h4-7,12-13,29,32,34,36H,8-10H2,1-3H3,(H2,27,35)(H,28,31)/b7-5+/t12-,13+,26+/m1/s1. The first kappa shape index (κ1) is 25.2. The third-order valence-corrected chi connectivity index (χ3v) is 6.90. The summed E-state index contributed by atoms with van der Waals surface area (Å²) >= 11 is 0. The number of phenolic OH excluding ortho intramolecular Hbond substituents is 1. The smallest absolute Gasteiger partial charge is 0.255 e. The molecule has 7 N–H and O–H groups in total. The molecule has 190 valence electrons. The van der Waals surface area contributed by atoms with Crippen molar-refractivity contribution in [2.75, 3.05) is 0 Å². The minimum absolute atomic E-state index is 0.0273. The Morgan fingerprint density at radius 2 is 1.81 bits per heavy atom. The number of aromatic hydroxyl groups is 1. The number of fused-ring (bicyclic) bond motifs is 3. The van der Waals surface area contributed by atoms with Crippen LogP contribution in [0.3, 0.4) is 0 Å². The molecule has 10 heteroatoms. The predicted octanol–water partition coefficient (Wildman–Crippen LogP) is 1.35. The van der Waals surface area contributed by atoms with E-state index in [0.29, 0.717) is 11.1 Å². The van der Waals surface area contributed by atoms with Gasteiger partial charge in [-0.2, -0.15) is 0 Å². The van der Waals surface area contributed by atoms with Gasteiger partial charge in [0.05, 0.1) is 5.56 Å². The Kier molecular flexibility index (Phi) is 5.83. The second-order valence-corrected chi connectivity index (χ2v) is 10.5. The quantitative estimate of drug-likeness (QED) is 0.267. The summed E-state index contributed by atoms with van der Waals surface area (Å²) in [6.45, 7) is 5.51. The molecule has 3 aliphatic rings. The summed E-state index contributed by atoms with van der Waals surface area (Å²) in [5.41, 5.74) is 2.08. The van der Waals surface area contributed by atoms with Gasteiger partial charge in [0.2, 0.25) is 11.7 Å². The number of hydrogen-bond donors (Lipinski definition) is 6. The molecule has 4 rings (SSSR count). The lowest BCUT2D eigenvalue weighted by Gasteiger charge is -2.46. The van der Waals surface area contributed by atoms with Gasteiger partial charge in [0.25, 0.3) is 5.91 Å². The number of Topliss-reactive ketones (excluding diaryl/α,β-unsaturated/α-hetero) is 2. The molecule has 0 aromatic heterocycles. The van der Waals surface area contributed by atoms with Crippen LogP contribution in [0.25, 0.3) is 11.8 Å². The van der Waals surface area contributed by atoms with Crippen LogP contribution in [0.4, 0.5) is 0 Å². The highest BCUT2D eigenvalue weighted by atomic mass is 16.3. The highest BCUT2D eigenvalue weighted by Gasteiger charge is 2.60. The van der Waals surface area contributed by atoms with Gasteiger partial charge in [-0.3, -0.25) is 19.2 Å². The van der Waals surface area contributed by atoms with Gasteiger partial charge < -0.3 is 31.5 Å². The van der Waals surface area contributed by atoms with Crippen molar-refractivity contribution in [3.63, 3.8) is 0 Å². The predicted molar refractivity (Wildman–Crippen MR) is 128 cm³/mol. The monoisotopic (exact) mass is 496 g/mol. The van der Waals surface area contributed by atoms with Crippen LogP contribution in [0.1, 0.15) is 50.3 Å². The molecule has 36 heavy (non-hydrogen) atoms. The number of aliphatic hydroxyl groups excluding tert-OH is 2. The first-order valence-electron chi connectivity index (χ1n) is 11.5. The van der Waals surface area contributed by atoms with Gasteiger partial charge in [0.1, 0.15) is 22.8 Å². The summed E-state index contributed by atoms with van der Waals surface area (Å²) in [4.78, 5) is 49.9. The van der Waals surface area contributed by atoms with Crippen molar-refractivity contribution in [1.29, 1.82) is 0 Å². The van der Waals surface area contributed by atoms with Crippen LogP contribution in [0.15, 0.2) is 35.1 Å². The zero-order valence-electron chi connectivity index (χ0n) is 20.1. The summed E-state index contributed by atoms with van der Waals surface area (Å²) in [6, 6.07) is 2.88. The lowest BCUT2D eigenvalue weighted by atomic mass is 9.59. The van der Waals surface area contributed by atoms with Crippen molar-refractivity contribution in [2.24, 2.45) is 17.6 Å². The summed E-state index contributed by atoms with van der Waals surface area (Å²) in [7, 11) is 0. The zero-order valence-corrected chi connectivity index (χ0v) is 20.1. The number of aliphatic hydroxyl groups is 3. The second kappa shape index (κ2) is 8.34. The van der Waals surface area contributed by atoms with Crippen LogP contribution in [0, 0.1) is 11.8 Å². The van der Waals surface area contributed by atoms with Crippen LogP contribution in [0.2, 0.25) is 0 Å². The van der Waals surface area contributed by atoms with Crippen LogP contribution >= 0.6 is 0 Å².